The summed E-state index contributed by atoms with van der Waals surface area (Å²) in [6.07, 6.45) is 1.46. The second-order valence-corrected chi connectivity index (χ2v) is 6.30. The Labute approximate surface area is 154 Å². The Balaban J connectivity index is 1.84. The van der Waals surface area contributed by atoms with Crippen molar-refractivity contribution < 1.29 is 9.18 Å². The third kappa shape index (κ3) is 4.00. The smallest absolute Gasteiger partial charge is 0.257 e. The van der Waals surface area contributed by atoms with Crippen LogP contribution in [-0.4, -0.2) is 10.5 Å². The minimum atomic E-state index is -0.429. The average molecular weight is 371 g/mol. The van der Waals surface area contributed by atoms with Gasteiger partial charge in [0.2, 0.25) is 0 Å². The van der Waals surface area contributed by atoms with Crippen LogP contribution in [0.3, 0.4) is 0 Å². The summed E-state index contributed by atoms with van der Waals surface area (Å²) in [6.45, 7) is 1.89. The van der Waals surface area contributed by atoms with Gasteiger partial charge >= 0.3 is 0 Å². The van der Waals surface area contributed by atoms with E-state index in [0.29, 0.717) is 16.3 Å². The van der Waals surface area contributed by atoms with Crippen LogP contribution in [0.4, 0.5) is 10.1 Å². The summed E-state index contributed by atoms with van der Waals surface area (Å²) >= 11 is 6.13. The number of aromatic nitrogens is 1. The van der Waals surface area contributed by atoms with Gasteiger partial charge in [0.15, 0.2) is 0 Å². The molecule has 0 aliphatic heterocycles. The Hall–Kier alpha value is -2.92. The summed E-state index contributed by atoms with van der Waals surface area (Å²) in [5.41, 5.74) is 1.66. The van der Waals surface area contributed by atoms with Crippen molar-refractivity contribution in [1.82, 2.24) is 4.57 Å². The van der Waals surface area contributed by atoms with E-state index in [4.69, 9.17) is 11.6 Å². The fourth-order valence-corrected chi connectivity index (χ4v) is 2.67. The summed E-state index contributed by atoms with van der Waals surface area (Å²) in [6, 6.07) is 14.4. The zero-order valence-corrected chi connectivity index (χ0v) is 14.8. The molecule has 0 aliphatic carbocycles. The number of halogens is 2. The number of carbonyl (C=O) groups is 1. The maximum atomic E-state index is 13.6. The normalized spacial score (nSPS) is 10.6. The molecule has 132 valence electrons. The van der Waals surface area contributed by atoms with E-state index in [9.17, 15) is 14.0 Å². The Kier molecular flexibility index (Phi) is 5.19. The van der Waals surface area contributed by atoms with Gasteiger partial charge in [0.25, 0.3) is 11.5 Å². The van der Waals surface area contributed by atoms with E-state index in [0.717, 1.165) is 5.56 Å². The van der Waals surface area contributed by atoms with E-state index >= 15 is 0 Å². The Morgan fingerprint density at radius 1 is 1.15 bits per heavy atom. The van der Waals surface area contributed by atoms with Gasteiger partial charge in [-0.05, 0) is 42.3 Å². The molecule has 0 atom stereocenters. The zero-order valence-electron chi connectivity index (χ0n) is 14.0. The number of benzene rings is 2. The number of anilines is 1. The molecular weight excluding hydrogens is 355 g/mol. The van der Waals surface area contributed by atoms with Crippen molar-refractivity contribution in [1.29, 1.82) is 0 Å². The predicted octanol–water partition coefficient (Wildman–Crippen LogP) is 4.25. The molecule has 0 bridgehead atoms. The van der Waals surface area contributed by atoms with Crippen molar-refractivity contribution in [3.8, 4) is 0 Å². The Morgan fingerprint density at radius 2 is 1.92 bits per heavy atom. The lowest BCUT2D eigenvalue weighted by Gasteiger charge is -2.10. The van der Waals surface area contributed by atoms with E-state index in [2.05, 4.69) is 5.32 Å². The molecule has 1 aromatic heterocycles. The second-order valence-electron chi connectivity index (χ2n) is 5.89. The highest BCUT2D eigenvalue weighted by Gasteiger charge is 2.10. The van der Waals surface area contributed by atoms with Crippen LogP contribution in [0, 0.1) is 12.7 Å². The van der Waals surface area contributed by atoms with Gasteiger partial charge in [0.05, 0.1) is 12.1 Å². The second kappa shape index (κ2) is 7.54. The molecule has 0 aliphatic rings. The van der Waals surface area contributed by atoms with Crippen LogP contribution in [0.15, 0.2) is 65.6 Å². The molecule has 0 radical (unpaired) electrons. The van der Waals surface area contributed by atoms with Crippen LogP contribution >= 0.6 is 11.6 Å². The fourth-order valence-electron chi connectivity index (χ4n) is 2.47. The molecule has 6 heteroatoms. The van der Waals surface area contributed by atoms with Crippen LogP contribution in [0.2, 0.25) is 5.02 Å². The molecule has 3 aromatic rings. The van der Waals surface area contributed by atoms with Crippen molar-refractivity contribution in [3.05, 3.63) is 98.7 Å². The monoisotopic (exact) mass is 370 g/mol. The lowest BCUT2D eigenvalue weighted by molar-refractivity contribution is 0.102. The molecule has 1 amide bonds. The quantitative estimate of drug-likeness (QED) is 0.746. The minimum Gasteiger partial charge on any atom is -0.322 e. The first-order valence-electron chi connectivity index (χ1n) is 7.95. The number of hydrogen-bond acceptors (Lipinski definition) is 2. The SMILES string of the molecule is Cc1ccc(NC(=O)c2ccc(=O)n(Cc3ccccc3Cl)c2)cc1F. The van der Waals surface area contributed by atoms with Crippen LogP contribution in [0.5, 0.6) is 0 Å². The first kappa shape index (κ1) is 17.9. The van der Waals surface area contributed by atoms with Crippen molar-refractivity contribution in [2.24, 2.45) is 0 Å². The average Bonchev–Trinajstić information content (AvgIpc) is 2.62. The van der Waals surface area contributed by atoms with Crippen LogP contribution < -0.4 is 10.9 Å². The van der Waals surface area contributed by atoms with Crippen LogP contribution in [0.25, 0.3) is 0 Å². The molecule has 3 rings (SSSR count). The number of hydrogen-bond donors (Lipinski definition) is 1. The third-order valence-corrected chi connectivity index (χ3v) is 4.34. The van der Waals surface area contributed by atoms with Crippen LogP contribution in [-0.2, 0) is 6.54 Å². The number of amides is 1. The van der Waals surface area contributed by atoms with Gasteiger partial charge in [-0.1, -0.05) is 35.9 Å². The lowest BCUT2D eigenvalue weighted by Crippen LogP contribution is -2.22. The van der Waals surface area contributed by atoms with Crippen molar-refractivity contribution >= 4 is 23.2 Å². The van der Waals surface area contributed by atoms with Gasteiger partial charge in [0.1, 0.15) is 5.82 Å². The largest absolute Gasteiger partial charge is 0.322 e. The number of nitrogens with zero attached hydrogens (tertiary/aromatic N) is 1. The first-order valence-corrected chi connectivity index (χ1v) is 8.33. The molecule has 26 heavy (non-hydrogen) atoms. The highest BCUT2D eigenvalue weighted by molar-refractivity contribution is 6.31. The number of pyridine rings is 1. The predicted molar refractivity (Wildman–Crippen MR) is 100 cm³/mol. The molecular formula is C20H16ClFN2O2. The number of nitrogens with one attached hydrogen (secondary N) is 1. The Bertz CT molecular complexity index is 1030. The molecule has 0 unspecified atom stereocenters. The maximum Gasteiger partial charge on any atom is 0.257 e. The van der Waals surface area contributed by atoms with Gasteiger partial charge in [0, 0.05) is 23.0 Å². The molecule has 1 N–H and O–H groups in total. The molecule has 0 saturated heterocycles. The van der Waals surface area contributed by atoms with Crippen molar-refractivity contribution in [2.75, 3.05) is 5.32 Å². The zero-order chi connectivity index (χ0) is 18.7. The van der Waals surface area contributed by atoms with Gasteiger partial charge in [-0.15, -0.1) is 0 Å². The highest BCUT2D eigenvalue weighted by atomic mass is 35.5. The summed E-state index contributed by atoms with van der Waals surface area (Å²) < 4.78 is 15.0. The summed E-state index contributed by atoms with van der Waals surface area (Å²) in [4.78, 5) is 24.5. The fraction of sp³-hybridized carbons (Fsp3) is 0.100. The van der Waals surface area contributed by atoms with E-state index in [1.165, 1.54) is 29.0 Å². The molecule has 4 nitrogen and oxygen atoms in total. The van der Waals surface area contributed by atoms with Gasteiger partial charge in [-0.3, -0.25) is 9.59 Å². The van der Waals surface area contributed by atoms with E-state index in [1.54, 1.807) is 31.2 Å². The first-order chi connectivity index (χ1) is 12.4. The lowest BCUT2D eigenvalue weighted by atomic mass is 10.2. The molecule has 2 aromatic carbocycles. The Morgan fingerprint density at radius 3 is 2.65 bits per heavy atom. The number of carbonyl (C=O) groups excluding carboxylic acids is 1. The molecule has 0 spiro atoms. The van der Waals surface area contributed by atoms with Gasteiger partial charge in [-0.2, -0.15) is 0 Å². The molecule has 1 heterocycles. The standard InChI is InChI=1S/C20H16ClFN2O2/c1-13-6-8-16(10-18(13)22)23-20(26)15-7-9-19(25)24(12-15)11-14-4-2-3-5-17(14)21/h2-10,12H,11H2,1H3,(H,23,26). The maximum absolute atomic E-state index is 13.6. The molecule has 0 fully saturated rings. The van der Waals surface area contributed by atoms with Crippen molar-refractivity contribution in [2.45, 2.75) is 13.5 Å². The molecule has 0 saturated carbocycles. The highest BCUT2D eigenvalue weighted by Crippen LogP contribution is 2.17. The van der Waals surface area contributed by atoms with E-state index in [-0.39, 0.29) is 17.7 Å². The van der Waals surface area contributed by atoms with Crippen molar-refractivity contribution in [3.63, 3.8) is 0 Å². The van der Waals surface area contributed by atoms with Crippen LogP contribution in [0.1, 0.15) is 21.5 Å². The number of aryl methyl sites for hydroxylation is 1. The van der Waals surface area contributed by atoms with Gasteiger partial charge in [-0.25, -0.2) is 4.39 Å². The summed E-state index contributed by atoms with van der Waals surface area (Å²) in [7, 11) is 0. The van der Waals surface area contributed by atoms with E-state index in [1.807, 2.05) is 12.1 Å². The van der Waals surface area contributed by atoms with Gasteiger partial charge < -0.3 is 9.88 Å². The topological polar surface area (TPSA) is 51.1 Å². The third-order valence-electron chi connectivity index (χ3n) is 3.97. The number of rotatable bonds is 4. The summed E-state index contributed by atoms with van der Waals surface area (Å²) in [5.74, 6) is -0.826. The summed E-state index contributed by atoms with van der Waals surface area (Å²) in [5, 5.41) is 3.17. The minimum absolute atomic E-state index is 0.247. The van der Waals surface area contributed by atoms with E-state index < -0.39 is 11.7 Å².